The van der Waals surface area contributed by atoms with E-state index in [4.69, 9.17) is 0 Å². The zero-order valence-electron chi connectivity index (χ0n) is 19.9. The van der Waals surface area contributed by atoms with Crippen molar-refractivity contribution >= 4 is 43.2 Å². The second-order valence-corrected chi connectivity index (χ2v) is 13.5. The number of anilines is 2. The number of nitrogens with zero attached hydrogens (tertiary/aromatic N) is 3. The van der Waals surface area contributed by atoms with Crippen LogP contribution in [0.15, 0.2) is 64.2 Å². The average Bonchev–Trinajstić information content (AvgIpc) is 2.86. The molecule has 2 aromatic rings. The topological polar surface area (TPSA) is 90.0 Å². The van der Waals surface area contributed by atoms with Crippen molar-refractivity contribution in [3.05, 3.63) is 60.0 Å². The van der Waals surface area contributed by atoms with Crippen LogP contribution >= 0.6 is 11.8 Å². The zero-order chi connectivity index (χ0) is 25.1. The van der Waals surface area contributed by atoms with E-state index in [1.165, 1.54) is 4.31 Å². The summed E-state index contributed by atoms with van der Waals surface area (Å²) in [6.45, 7) is 9.81. The molecule has 11 heteroatoms. The summed E-state index contributed by atoms with van der Waals surface area (Å²) in [5, 5.41) is 4.39. The van der Waals surface area contributed by atoms with E-state index in [-0.39, 0.29) is 0 Å². The Morgan fingerprint density at radius 1 is 1.00 bits per heavy atom. The third-order valence-corrected chi connectivity index (χ3v) is 10.6. The average molecular weight is 537 g/mol. The summed E-state index contributed by atoms with van der Waals surface area (Å²) in [6.07, 6.45) is 0.894. The van der Waals surface area contributed by atoms with E-state index in [2.05, 4.69) is 16.8 Å². The van der Waals surface area contributed by atoms with Gasteiger partial charge in [0.1, 0.15) is 0 Å². The van der Waals surface area contributed by atoms with Gasteiger partial charge in [0.2, 0.25) is 10.0 Å². The Morgan fingerprint density at radius 2 is 1.71 bits per heavy atom. The summed E-state index contributed by atoms with van der Waals surface area (Å²) in [5.41, 5.74) is 2.61. The summed E-state index contributed by atoms with van der Waals surface area (Å²) in [4.78, 5) is 3.58. The van der Waals surface area contributed by atoms with Crippen molar-refractivity contribution in [2.75, 3.05) is 61.2 Å². The zero-order valence-corrected chi connectivity index (χ0v) is 22.3. The number of nitrogens with one attached hydrogen (secondary N) is 1. The van der Waals surface area contributed by atoms with Crippen LogP contribution in [0, 0.1) is 6.92 Å². The Bertz CT molecular complexity index is 1260. The minimum atomic E-state index is -3.52. The molecule has 0 amide bonds. The maximum atomic E-state index is 12.9. The van der Waals surface area contributed by atoms with Gasteiger partial charge >= 0.3 is 0 Å². The Balaban J connectivity index is 1.26. The molecule has 8 nitrogen and oxygen atoms in total. The number of fused-ring (bicyclic) bond motifs is 1. The van der Waals surface area contributed by atoms with Crippen molar-refractivity contribution in [3.8, 4) is 0 Å². The Labute approximate surface area is 213 Å². The van der Waals surface area contributed by atoms with Gasteiger partial charge in [-0.05, 0) is 50.2 Å². The number of rotatable bonds is 9. The van der Waals surface area contributed by atoms with Crippen molar-refractivity contribution < 1.29 is 16.8 Å². The van der Waals surface area contributed by atoms with Crippen molar-refractivity contribution in [2.24, 2.45) is 0 Å². The lowest BCUT2D eigenvalue weighted by atomic mass is 10.2. The molecule has 0 radical (unpaired) electrons. The quantitative estimate of drug-likeness (QED) is 0.492. The van der Waals surface area contributed by atoms with Gasteiger partial charge in [0, 0.05) is 61.0 Å². The first kappa shape index (κ1) is 26.0. The molecule has 2 aliphatic heterocycles. The molecular weight excluding hydrogens is 504 g/mol. The fourth-order valence-corrected chi connectivity index (χ4v) is 7.77. The lowest BCUT2D eigenvalue weighted by Gasteiger charge is -2.34. The molecule has 190 valence electrons. The fourth-order valence-electron chi connectivity index (χ4n) is 4.25. The lowest BCUT2D eigenvalue weighted by Crippen LogP contribution is -2.48. The van der Waals surface area contributed by atoms with Gasteiger partial charge in [-0.2, -0.15) is 4.31 Å². The van der Waals surface area contributed by atoms with Crippen LogP contribution in [-0.2, 0) is 20.0 Å². The van der Waals surface area contributed by atoms with E-state index in [1.807, 2.05) is 37.3 Å². The van der Waals surface area contributed by atoms with E-state index in [1.54, 1.807) is 28.2 Å². The molecule has 0 spiro atoms. The van der Waals surface area contributed by atoms with Crippen molar-refractivity contribution in [1.29, 1.82) is 0 Å². The molecule has 0 saturated carbocycles. The van der Waals surface area contributed by atoms with Gasteiger partial charge in [0.15, 0.2) is 0 Å². The minimum Gasteiger partial charge on any atom is -0.385 e. The molecule has 2 heterocycles. The largest absolute Gasteiger partial charge is 0.385 e. The Kier molecular flexibility index (Phi) is 8.12. The molecule has 0 aromatic heterocycles. The monoisotopic (exact) mass is 536 g/mol. The molecular formula is C24H32N4O4S3. The van der Waals surface area contributed by atoms with Crippen molar-refractivity contribution in [2.45, 2.75) is 23.1 Å². The Hall–Kier alpha value is -2.05. The van der Waals surface area contributed by atoms with Crippen LogP contribution in [-0.4, -0.2) is 77.6 Å². The van der Waals surface area contributed by atoms with Crippen LogP contribution in [0.4, 0.5) is 11.4 Å². The van der Waals surface area contributed by atoms with Gasteiger partial charge in [0.25, 0.3) is 10.0 Å². The fraction of sp³-hybridized carbons (Fsp3) is 0.417. The van der Waals surface area contributed by atoms with Crippen LogP contribution in [0.1, 0.15) is 12.0 Å². The minimum absolute atomic E-state index is 0.351. The second-order valence-electron chi connectivity index (χ2n) is 8.65. The predicted octanol–water partition coefficient (Wildman–Crippen LogP) is 3.19. The SMILES string of the molecule is C=CS(=O)(=O)N1CCSc2ccc(NCCCN3CCN(S(=O)(=O)c4ccc(C)cc4)CC3)cc21. The smallest absolute Gasteiger partial charge is 0.256 e. The van der Waals surface area contributed by atoms with E-state index < -0.39 is 20.0 Å². The molecule has 1 saturated heterocycles. The van der Waals surface area contributed by atoms with Gasteiger partial charge in [-0.25, -0.2) is 16.8 Å². The maximum Gasteiger partial charge on any atom is 0.256 e. The highest BCUT2D eigenvalue weighted by molar-refractivity contribution is 8.00. The molecule has 1 N–H and O–H groups in total. The summed E-state index contributed by atoms with van der Waals surface area (Å²) in [6, 6.07) is 12.8. The Morgan fingerprint density at radius 3 is 2.40 bits per heavy atom. The number of hydrogen-bond acceptors (Lipinski definition) is 7. The highest BCUT2D eigenvalue weighted by Gasteiger charge is 2.28. The van der Waals surface area contributed by atoms with Gasteiger partial charge in [-0.15, -0.1) is 11.8 Å². The first-order valence-corrected chi connectivity index (χ1v) is 15.6. The second kappa shape index (κ2) is 10.9. The molecule has 0 unspecified atom stereocenters. The van der Waals surface area contributed by atoms with E-state index in [9.17, 15) is 16.8 Å². The lowest BCUT2D eigenvalue weighted by molar-refractivity contribution is 0.188. The number of thioether (sulfide) groups is 1. The number of sulfonamides is 2. The molecule has 2 aromatic carbocycles. The molecule has 4 rings (SSSR count). The van der Waals surface area contributed by atoms with Crippen molar-refractivity contribution in [1.82, 2.24) is 9.21 Å². The van der Waals surface area contributed by atoms with Crippen LogP contribution < -0.4 is 9.62 Å². The van der Waals surface area contributed by atoms with Gasteiger partial charge in [0.05, 0.1) is 10.6 Å². The van der Waals surface area contributed by atoms with Gasteiger partial charge in [-0.1, -0.05) is 24.3 Å². The maximum absolute atomic E-state index is 12.9. The van der Waals surface area contributed by atoms with E-state index in [0.717, 1.165) is 41.1 Å². The van der Waals surface area contributed by atoms with Crippen LogP contribution in [0.25, 0.3) is 0 Å². The van der Waals surface area contributed by atoms with Gasteiger partial charge < -0.3 is 10.2 Å². The number of aryl methyl sites for hydroxylation is 1. The first-order chi connectivity index (χ1) is 16.7. The molecule has 0 aliphatic carbocycles. The van der Waals surface area contributed by atoms with Crippen LogP contribution in [0.3, 0.4) is 0 Å². The third-order valence-electron chi connectivity index (χ3n) is 6.27. The highest BCUT2D eigenvalue weighted by atomic mass is 32.2. The number of piperazine rings is 1. The summed E-state index contributed by atoms with van der Waals surface area (Å²) < 4.78 is 53.5. The van der Waals surface area contributed by atoms with Crippen LogP contribution in [0.5, 0.6) is 0 Å². The first-order valence-electron chi connectivity index (χ1n) is 11.7. The van der Waals surface area contributed by atoms with E-state index in [0.29, 0.717) is 49.1 Å². The highest BCUT2D eigenvalue weighted by Crippen LogP contribution is 2.38. The van der Waals surface area contributed by atoms with E-state index >= 15 is 0 Å². The number of benzene rings is 2. The summed E-state index contributed by atoms with van der Waals surface area (Å²) in [5.74, 6) is 0.715. The molecule has 1 fully saturated rings. The molecule has 35 heavy (non-hydrogen) atoms. The van der Waals surface area contributed by atoms with Crippen molar-refractivity contribution in [3.63, 3.8) is 0 Å². The standard InChI is InChI=1S/C24H32N4O4S3/c1-3-34(29,30)28-17-18-33-24-10-7-21(19-23(24)28)25-11-4-12-26-13-15-27(16-14-26)35(31,32)22-8-5-20(2)6-9-22/h3,5-10,19,25H,1,4,11-18H2,2H3. The molecule has 0 atom stereocenters. The summed E-state index contributed by atoms with van der Waals surface area (Å²) in [7, 11) is -6.97. The third kappa shape index (κ3) is 6.03. The van der Waals surface area contributed by atoms with Crippen LogP contribution in [0.2, 0.25) is 0 Å². The number of hydrogen-bond donors (Lipinski definition) is 1. The molecule has 2 aliphatic rings. The predicted molar refractivity (Wildman–Crippen MR) is 143 cm³/mol. The normalized spacial score (nSPS) is 17.7. The van der Waals surface area contributed by atoms with Gasteiger partial charge in [-0.3, -0.25) is 4.31 Å². The summed E-state index contributed by atoms with van der Waals surface area (Å²) >= 11 is 1.65. The molecule has 0 bridgehead atoms.